The van der Waals surface area contributed by atoms with Gasteiger partial charge >= 0.3 is 0 Å². The fourth-order valence-electron chi connectivity index (χ4n) is 0.994. The molecule has 3 nitrogen and oxygen atoms in total. The Labute approximate surface area is 93.6 Å². The van der Waals surface area contributed by atoms with Crippen LogP contribution in [0.2, 0.25) is 0 Å². The Bertz CT molecular complexity index is 293. The van der Waals surface area contributed by atoms with Gasteiger partial charge in [-0.3, -0.25) is 0 Å². The smallest absolute Gasteiger partial charge is 0.112 e. The summed E-state index contributed by atoms with van der Waals surface area (Å²) in [6, 6.07) is 3.55. The number of rotatable bonds is 3. The molecule has 0 saturated heterocycles. The van der Waals surface area contributed by atoms with Crippen LogP contribution in [0.25, 0.3) is 0 Å². The van der Waals surface area contributed by atoms with Gasteiger partial charge in [0.05, 0.1) is 0 Å². The van der Waals surface area contributed by atoms with Crippen molar-refractivity contribution < 1.29 is 5.11 Å². The van der Waals surface area contributed by atoms with Crippen LogP contribution in [0.15, 0.2) is 21.3 Å². The summed E-state index contributed by atoms with van der Waals surface area (Å²) in [4.78, 5) is 4.15. The van der Waals surface area contributed by atoms with Crippen molar-refractivity contribution in [3.63, 3.8) is 0 Å². The SMILES string of the molecule is N[C@H](CCO)c1ccc(Br)nc1Br. The maximum atomic E-state index is 8.72. The molecule has 13 heavy (non-hydrogen) atoms. The van der Waals surface area contributed by atoms with E-state index in [9.17, 15) is 0 Å². The van der Waals surface area contributed by atoms with E-state index in [1.807, 2.05) is 12.1 Å². The molecule has 72 valence electrons. The molecule has 1 atom stereocenters. The molecule has 0 aliphatic heterocycles. The second kappa shape index (κ2) is 5.05. The Kier molecular flexibility index (Phi) is 4.31. The van der Waals surface area contributed by atoms with Gasteiger partial charge in [-0.2, -0.15) is 0 Å². The minimum Gasteiger partial charge on any atom is -0.396 e. The van der Waals surface area contributed by atoms with Gasteiger partial charge in [0.1, 0.15) is 9.21 Å². The first-order valence-corrected chi connectivity index (χ1v) is 5.42. The Morgan fingerprint density at radius 3 is 2.69 bits per heavy atom. The normalized spacial score (nSPS) is 12.9. The highest BCUT2D eigenvalue weighted by Crippen LogP contribution is 2.23. The molecule has 1 heterocycles. The van der Waals surface area contributed by atoms with Crippen LogP contribution in [0.1, 0.15) is 18.0 Å². The predicted octanol–water partition coefficient (Wildman–Crippen LogP) is 1.99. The Balaban J connectivity index is 2.88. The van der Waals surface area contributed by atoms with Crippen molar-refractivity contribution in [2.24, 2.45) is 5.73 Å². The number of aliphatic hydroxyl groups excluding tert-OH is 1. The van der Waals surface area contributed by atoms with E-state index in [0.29, 0.717) is 6.42 Å². The molecule has 1 aromatic rings. The highest BCUT2D eigenvalue weighted by molar-refractivity contribution is 9.11. The van der Waals surface area contributed by atoms with Crippen molar-refractivity contribution in [2.75, 3.05) is 6.61 Å². The first kappa shape index (κ1) is 11.1. The third kappa shape index (κ3) is 3.02. The van der Waals surface area contributed by atoms with E-state index in [0.717, 1.165) is 14.8 Å². The maximum absolute atomic E-state index is 8.72. The number of hydrogen-bond acceptors (Lipinski definition) is 3. The molecule has 0 aromatic carbocycles. The van der Waals surface area contributed by atoms with Crippen LogP contribution < -0.4 is 5.73 Å². The zero-order chi connectivity index (χ0) is 9.84. The summed E-state index contributed by atoms with van der Waals surface area (Å²) >= 11 is 6.57. The van der Waals surface area contributed by atoms with Crippen LogP contribution in [0, 0.1) is 0 Å². The molecule has 0 aliphatic rings. The molecular weight excluding hydrogens is 300 g/mol. The van der Waals surface area contributed by atoms with Crippen LogP contribution in [0.5, 0.6) is 0 Å². The summed E-state index contributed by atoms with van der Waals surface area (Å²) in [5, 5.41) is 8.72. The summed E-state index contributed by atoms with van der Waals surface area (Å²) in [6.07, 6.45) is 0.544. The highest BCUT2D eigenvalue weighted by atomic mass is 79.9. The van der Waals surface area contributed by atoms with Gasteiger partial charge in [0.2, 0.25) is 0 Å². The molecular formula is C8H10Br2N2O. The highest BCUT2D eigenvalue weighted by Gasteiger charge is 2.10. The molecule has 5 heteroatoms. The number of pyridine rings is 1. The third-order valence-electron chi connectivity index (χ3n) is 1.68. The number of halogens is 2. The lowest BCUT2D eigenvalue weighted by Crippen LogP contribution is -2.13. The van der Waals surface area contributed by atoms with Gasteiger partial charge < -0.3 is 10.8 Å². The molecule has 1 rings (SSSR count). The fourth-order valence-corrected chi connectivity index (χ4v) is 2.16. The van der Waals surface area contributed by atoms with Crippen LogP contribution in [-0.4, -0.2) is 16.7 Å². The van der Waals surface area contributed by atoms with Crippen LogP contribution in [0.3, 0.4) is 0 Å². The zero-order valence-electron chi connectivity index (χ0n) is 6.87. The number of aliphatic hydroxyl groups is 1. The molecule has 0 unspecified atom stereocenters. The van der Waals surface area contributed by atoms with Crippen molar-refractivity contribution in [1.29, 1.82) is 0 Å². The van der Waals surface area contributed by atoms with Crippen LogP contribution in [-0.2, 0) is 0 Å². The van der Waals surface area contributed by atoms with E-state index in [4.69, 9.17) is 10.8 Å². The van der Waals surface area contributed by atoms with Gasteiger partial charge in [0.15, 0.2) is 0 Å². The second-order valence-electron chi connectivity index (χ2n) is 2.63. The van der Waals surface area contributed by atoms with Crippen LogP contribution >= 0.6 is 31.9 Å². The van der Waals surface area contributed by atoms with Gasteiger partial charge in [-0.1, -0.05) is 6.07 Å². The summed E-state index contributed by atoms with van der Waals surface area (Å²) < 4.78 is 1.49. The van der Waals surface area contributed by atoms with Crippen molar-refractivity contribution in [1.82, 2.24) is 4.98 Å². The van der Waals surface area contributed by atoms with E-state index in [1.165, 1.54) is 0 Å². The van der Waals surface area contributed by atoms with Gasteiger partial charge in [-0.25, -0.2) is 4.98 Å². The first-order chi connectivity index (χ1) is 6.15. The summed E-state index contributed by atoms with van der Waals surface area (Å²) in [6.45, 7) is 0.0870. The van der Waals surface area contributed by atoms with E-state index in [-0.39, 0.29) is 12.6 Å². The van der Waals surface area contributed by atoms with Crippen molar-refractivity contribution in [2.45, 2.75) is 12.5 Å². The Hall–Kier alpha value is 0.0300. The largest absolute Gasteiger partial charge is 0.396 e. The first-order valence-electron chi connectivity index (χ1n) is 3.83. The Morgan fingerprint density at radius 1 is 1.46 bits per heavy atom. The quantitative estimate of drug-likeness (QED) is 0.840. The van der Waals surface area contributed by atoms with Crippen molar-refractivity contribution >= 4 is 31.9 Å². The molecule has 0 aliphatic carbocycles. The molecule has 0 saturated carbocycles. The molecule has 3 N–H and O–H groups in total. The summed E-state index contributed by atoms with van der Waals surface area (Å²) in [5.74, 6) is 0. The predicted molar refractivity (Wildman–Crippen MR) is 58.3 cm³/mol. The maximum Gasteiger partial charge on any atom is 0.112 e. The van der Waals surface area contributed by atoms with E-state index >= 15 is 0 Å². The Morgan fingerprint density at radius 2 is 2.15 bits per heavy atom. The monoisotopic (exact) mass is 308 g/mol. The molecule has 0 fully saturated rings. The van der Waals surface area contributed by atoms with Gasteiger partial charge in [-0.05, 0) is 44.3 Å². The topological polar surface area (TPSA) is 59.1 Å². The van der Waals surface area contributed by atoms with Gasteiger partial charge in [-0.15, -0.1) is 0 Å². The average molecular weight is 310 g/mol. The molecule has 0 amide bonds. The van der Waals surface area contributed by atoms with Crippen LogP contribution in [0.4, 0.5) is 0 Å². The van der Waals surface area contributed by atoms with Crippen molar-refractivity contribution in [3.8, 4) is 0 Å². The lowest BCUT2D eigenvalue weighted by Gasteiger charge is -2.11. The molecule has 0 spiro atoms. The van der Waals surface area contributed by atoms with E-state index in [1.54, 1.807) is 0 Å². The fraction of sp³-hybridized carbons (Fsp3) is 0.375. The standard InChI is InChI=1S/C8H10Br2N2O/c9-7-2-1-5(8(10)12-7)6(11)3-4-13/h1-2,6,13H,3-4,11H2/t6-/m1/s1. The second-order valence-corrected chi connectivity index (χ2v) is 4.20. The minimum absolute atomic E-state index is 0.0870. The van der Waals surface area contributed by atoms with Crippen molar-refractivity contribution in [3.05, 3.63) is 26.9 Å². The zero-order valence-corrected chi connectivity index (χ0v) is 10.0. The lowest BCUT2D eigenvalue weighted by atomic mass is 10.1. The van der Waals surface area contributed by atoms with Gasteiger partial charge in [0, 0.05) is 18.2 Å². The molecule has 0 bridgehead atoms. The number of hydrogen-bond donors (Lipinski definition) is 2. The number of aromatic nitrogens is 1. The van der Waals surface area contributed by atoms with E-state index < -0.39 is 0 Å². The number of nitrogens with two attached hydrogens (primary N) is 1. The molecule has 0 radical (unpaired) electrons. The third-order valence-corrected chi connectivity index (χ3v) is 2.76. The van der Waals surface area contributed by atoms with Gasteiger partial charge in [0.25, 0.3) is 0 Å². The molecule has 1 aromatic heterocycles. The van der Waals surface area contributed by atoms with E-state index in [2.05, 4.69) is 36.8 Å². The number of nitrogens with zero attached hydrogens (tertiary/aromatic N) is 1. The lowest BCUT2D eigenvalue weighted by molar-refractivity contribution is 0.276. The summed E-state index contributed by atoms with van der Waals surface area (Å²) in [5.41, 5.74) is 6.73. The minimum atomic E-state index is -0.167. The summed E-state index contributed by atoms with van der Waals surface area (Å²) in [7, 11) is 0. The average Bonchev–Trinajstić information content (AvgIpc) is 2.04.